The van der Waals surface area contributed by atoms with Crippen molar-refractivity contribution < 1.29 is 5.21 Å². The Morgan fingerprint density at radius 2 is 1.92 bits per heavy atom. The Morgan fingerprint density at radius 3 is 2.71 bits per heavy atom. The molecule has 0 saturated heterocycles. The first-order valence-corrected chi connectivity index (χ1v) is 6.94. The molecule has 0 aliphatic carbocycles. The zero-order valence-electron chi connectivity index (χ0n) is 12.1. The van der Waals surface area contributed by atoms with Crippen LogP contribution in [-0.2, 0) is 0 Å². The Hall–Kier alpha value is -3.75. The second-order valence-electron chi connectivity index (χ2n) is 5.02. The van der Waals surface area contributed by atoms with Crippen LogP contribution in [0.2, 0.25) is 0 Å². The summed E-state index contributed by atoms with van der Waals surface area (Å²) < 4.78 is 2.61. The van der Waals surface area contributed by atoms with E-state index in [-0.39, 0.29) is 4.73 Å². The van der Waals surface area contributed by atoms with Gasteiger partial charge >= 0.3 is 11.2 Å². The van der Waals surface area contributed by atoms with Crippen LogP contribution >= 0.6 is 0 Å². The third kappa shape index (κ3) is 2.15. The fraction of sp³-hybridized carbons (Fsp3) is 0. The van der Waals surface area contributed by atoms with E-state index in [9.17, 15) is 14.8 Å². The maximum atomic E-state index is 11.9. The molecule has 0 unspecified atom stereocenters. The van der Waals surface area contributed by atoms with Gasteiger partial charge < -0.3 is 5.21 Å². The molecule has 4 rings (SSSR count). The normalized spacial score (nSPS) is 11.0. The number of benzene rings is 1. The van der Waals surface area contributed by atoms with Crippen LogP contribution < -0.4 is 11.2 Å². The number of pyridine rings is 1. The fourth-order valence-electron chi connectivity index (χ4n) is 2.34. The minimum atomic E-state index is -0.943. The smallest absolute Gasteiger partial charge is 0.385 e. The fourth-order valence-corrected chi connectivity index (χ4v) is 2.34. The van der Waals surface area contributed by atoms with Gasteiger partial charge in [0.2, 0.25) is 0 Å². The average molecular weight is 322 g/mol. The SMILES string of the molecule is O=c1cnn(-c2ccc3nn(-c4cccnc4)cc3c2)c(=O)n1O. The van der Waals surface area contributed by atoms with Crippen molar-refractivity contribution in [1.29, 1.82) is 0 Å². The van der Waals surface area contributed by atoms with Gasteiger partial charge in [0.1, 0.15) is 6.20 Å². The first-order valence-electron chi connectivity index (χ1n) is 6.94. The van der Waals surface area contributed by atoms with E-state index in [1.807, 2.05) is 6.07 Å². The van der Waals surface area contributed by atoms with E-state index < -0.39 is 11.2 Å². The van der Waals surface area contributed by atoms with Crippen LogP contribution in [-0.4, -0.2) is 34.5 Å². The van der Waals surface area contributed by atoms with E-state index in [4.69, 9.17) is 0 Å². The summed E-state index contributed by atoms with van der Waals surface area (Å²) in [5.74, 6) is 0. The Kier molecular flexibility index (Phi) is 2.98. The first-order chi connectivity index (χ1) is 11.6. The molecule has 0 atom stereocenters. The highest BCUT2D eigenvalue weighted by atomic mass is 16.5. The third-order valence-corrected chi connectivity index (χ3v) is 3.50. The van der Waals surface area contributed by atoms with Gasteiger partial charge in [-0.25, -0.2) is 9.48 Å². The standard InChI is InChI=1S/C15H10N6O3/c22-14-8-17-20(15(23)21(14)24)11-3-4-13-10(6-11)9-19(18-13)12-2-1-5-16-7-12/h1-9,24H. The predicted molar refractivity (Wildman–Crippen MR) is 83.7 cm³/mol. The summed E-state index contributed by atoms with van der Waals surface area (Å²) in [7, 11) is 0. The van der Waals surface area contributed by atoms with Crippen LogP contribution in [0.5, 0.6) is 0 Å². The number of rotatable bonds is 2. The quantitative estimate of drug-likeness (QED) is 0.534. The van der Waals surface area contributed by atoms with Gasteiger partial charge in [0.15, 0.2) is 0 Å². The molecule has 0 fully saturated rings. The summed E-state index contributed by atoms with van der Waals surface area (Å²) in [6, 6.07) is 8.71. The highest BCUT2D eigenvalue weighted by molar-refractivity contribution is 5.80. The van der Waals surface area contributed by atoms with Crippen molar-refractivity contribution in [3.8, 4) is 11.4 Å². The van der Waals surface area contributed by atoms with Gasteiger partial charge in [-0.05, 0) is 30.3 Å². The van der Waals surface area contributed by atoms with Gasteiger partial charge in [-0.2, -0.15) is 14.9 Å². The molecule has 9 nitrogen and oxygen atoms in total. The van der Waals surface area contributed by atoms with Crippen molar-refractivity contribution in [2.75, 3.05) is 0 Å². The van der Waals surface area contributed by atoms with Crippen molar-refractivity contribution in [3.05, 3.63) is 76.0 Å². The lowest BCUT2D eigenvalue weighted by Crippen LogP contribution is -2.38. The van der Waals surface area contributed by atoms with Crippen LogP contribution in [0.3, 0.4) is 0 Å². The number of aromatic nitrogens is 6. The maximum Gasteiger partial charge on any atom is 0.385 e. The highest BCUT2D eigenvalue weighted by Crippen LogP contribution is 2.18. The molecule has 0 aliphatic rings. The first kappa shape index (κ1) is 13.9. The monoisotopic (exact) mass is 322 g/mol. The molecule has 9 heteroatoms. The van der Waals surface area contributed by atoms with Gasteiger partial charge in [-0.3, -0.25) is 9.78 Å². The predicted octanol–water partition coefficient (Wildman–Crippen LogP) is 0.365. The van der Waals surface area contributed by atoms with Gasteiger partial charge in [-0.15, -0.1) is 0 Å². The second kappa shape index (κ2) is 5.16. The summed E-state index contributed by atoms with van der Waals surface area (Å²) in [5, 5.41) is 18.4. The Morgan fingerprint density at radius 1 is 1.04 bits per heavy atom. The topological polar surface area (TPSA) is 108 Å². The molecular formula is C15H10N6O3. The zero-order chi connectivity index (χ0) is 16.7. The molecule has 24 heavy (non-hydrogen) atoms. The summed E-state index contributed by atoms with van der Waals surface area (Å²) >= 11 is 0. The minimum absolute atomic E-state index is 0.0102. The van der Waals surface area contributed by atoms with Crippen LogP contribution in [0.15, 0.2) is 64.7 Å². The van der Waals surface area contributed by atoms with Gasteiger partial charge in [0, 0.05) is 17.8 Å². The van der Waals surface area contributed by atoms with E-state index in [0.717, 1.165) is 22.0 Å². The van der Waals surface area contributed by atoms with Gasteiger partial charge in [0.25, 0.3) is 0 Å². The molecule has 1 aromatic carbocycles. The molecule has 4 aromatic rings. The molecule has 0 bridgehead atoms. The van der Waals surface area contributed by atoms with E-state index in [0.29, 0.717) is 11.2 Å². The van der Waals surface area contributed by atoms with Crippen molar-refractivity contribution in [2.24, 2.45) is 0 Å². The minimum Gasteiger partial charge on any atom is -0.421 e. The molecular weight excluding hydrogens is 312 g/mol. The van der Waals surface area contributed by atoms with Gasteiger partial charge in [-0.1, -0.05) is 4.73 Å². The Bertz CT molecular complexity index is 1160. The second-order valence-corrected chi connectivity index (χ2v) is 5.02. The molecule has 0 radical (unpaired) electrons. The molecule has 0 amide bonds. The summed E-state index contributed by atoms with van der Waals surface area (Å²) in [5.41, 5.74) is 0.0895. The lowest BCUT2D eigenvalue weighted by molar-refractivity contribution is 0.154. The van der Waals surface area contributed by atoms with Crippen molar-refractivity contribution in [3.63, 3.8) is 0 Å². The molecule has 0 spiro atoms. The summed E-state index contributed by atoms with van der Waals surface area (Å²) in [6.07, 6.45) is 6.01. The van der Waals surface area contributed by atoms with Crippen LogP contribution in [0.25, 0.3) is 22.3 Å². The van der Waals surface area contributed by atoms with Crippen LogP contribution in [0, 0.1) is 0 Å². The van der Waals surface area contributed by atoms with Crippen LogP contribution in [0.1, 0.15) is 0 Å². The number of nitrogens with zero attached hydrogens (tertiary/aromatic N) is 6. The molecule has 1 N–H and O–H groups in total. The van der Waals surface area contributed by atoms with Crippen molar-refractivity contribution in [1.82, 2.24) is 29.3 Å². The Balaban J connectivity index is 1.86. The van der Waals surface area contributed by atoms with E-state index in [1.54, 1.807) is 47.5 Å². The maximum absolute atomic E-state index is 11.9. The summed E-state index contributed by atoms with van der Waals surface area (Å²) in [6.45, 7) is 0. The van der Waals surface area contributed by atoms with E-state index >= 15 is 0 Å². The van der Waals surface area contributed by atoms with Gasteiger partial charge in [0.05, 0.1) is 23.1 Å². The molecule has 0 saturated carbocycles. The van der Waals surface area contributed by atoms with E-state index in [2.05, 4.69) is 15.2 Å². The Labute approximate surface area is 133 Å². The largest absolute Gasteiger partial charge is 0.421 e. The molecule has 0 aliphatic heterocycles. The molecule has 118 valence electrons. The number of fused-ring (bicyclic) bond motifs is 1. The lowest BCUT2D eigenvalue weighted by atomic mass is 10.2. The highest BCUT2D eigenvalue weighted by Gasteiger charge is 2.09. The third-order valence-electron chi connectivity index (χ3n) is 3.50. The van der Waals surface area contributed by atoms with Crippen molar-refractivity contribution in [2.45, 2.75) is 0 Å². The number of hydrogen-bond acceptors (Lipinski definition) is 6. The lowest BCUT2D eigenvalue weighted by Gasteiger charge is -2.04. The molecule has 3 aromatic heterocycles. The van der Waals surface area contributed by atoms with Crippen molar-refractivity contribution >= 4 is 10.9 Å². The number of hydrogen-bond donors (Lipinski definition) is 1. The van der Waals surface area contributed by atoms with Crippen LogP contribution in [0.4, 0.5) is 0 Å². The zero-order valence-corrected chi connectivity index (χ0v) is 12.1. The average Bonchev–Trinajstić information content (AvgIpc) is 3.04. The summed E-state index contributed by atoms with van der Waals surface area (Å²) in [4.78, 5) is 27.2. The van der Waals surface area contributed by atoms with E-state index in [1.165, 1.54) is 0 Å². The molecule has 3 heterocycles.